The average molecular weight is 219 g/mol. The SMILES string of the molecule is Cc1csc(NC2=NCCN2)n1.Cl. The Kier molecular flexibility index (Phi) is 3.50. The molecule has 0 saturated heterocycles. The zero-order valence-electron chi connectivity index (χ0n) is 7.20. The van der Waals surface area contributed by atoms with E-state index < -0.39 is 0 Å². The maximum absolute atomic E-state index is 4.26. The molecule has 1 aromatic heterocycles. The number of hydrogen-bond donors (Lipinski definition) is 2. The molecule has 0 radical (unpaired) electrons. The molecule has 0 bridgehead atoms. The van der Waals surface area contributed by atoms with Crippen molar-refractivity contribution >= 4 is 34.8 Å². The molecular weight excluding hydrogens is 208 g/mol. The van der Waals surface area contributed by atoms with Crippen molar-refractivity contribution in [2.45, 2.75) is 6.92 Å². The van der Waals surface area contributed by atoms with Gasteiger partial charge in [-0.25, -0.2) is 4.98 Å². The van der Waals surface area contributed by atoms with E-state index in [0.29, 0.717) is 0 Å². The number of nitrogens with zero attached hydrogens (tertiary/aromatic N) is 2. The molecule has 0 unspecified atom stereocenters. The fraction of sp³-hybridized carbons (Fsp3) is 0.429. The Morgan fingerprint density at radius 3 is 3.00 bits per heavy atom. The number of halogens is 1. The van der Waals surface area contributed by atoms with Gasteiger partial charge in [0.1, 0.15) is 0 Å². The Hall–Kier alpha value is -0.810. The van der Waals surface area contributed by atoms with Crippen molar-refractivity contribution in [3.05, 3.63) is 11.1 Å². The van der Waals surface area contributed by atoms with E-state index >= 15 is 0 Å². The molecule has 0 aromatic carbocycles. The van der Waals surface area contributed by atoms with E-state index in [2.05, 4.69) is 20.6 Å². The predicted octanol–water partition coefficient (Wildman–Crippen LogP) is 1.24. The molecule has 2 N–H and O–H groups in total. The first-order valence-corrected chi connectivity index (χ1v) is 4.70. The van der Waals surface area contributed by atoms with Crippen molar-refractivity contribution in [1.29, 1.82) is 0 Å². The first-order chi connectivity index (χ1) is 5.84. The topological polar surface area (TPSA) is 49.3 Å². The van der Waals surface area contributed by atoms with Gasteiger partial charge in [0, 0.05) is 11.9 Å². The molecule has 13 heavy (non-hydrogen) atoms. The van der Waals surface area contributed by atoms with E-state index in [1.807, 2.05) is 12.3 Å². The van der Waals surface area contributed by atoms with E-state index in [9.17, 15) is 0 Å². The van der Waals surface area contributed by atoms with Gasteiger partial charge in [-0.2, -0.15) is 0 Å². The highest BCUT2D eigenvalue weighted by Gasteiger charge is 2.06. The summed E-state index contributed by atoms with van der Waals surface area (Å²) in [6.45, 7) is 3.75. The molecule has 6 heteroatoms. The summed E-state index contributed by atoms with van der Waals surface area (Å²) in [6, 6.07) is 0. The van der Waals surface area contributed by atoms with Crippen molar-refractivity contribution in [3.63, 3.8) is 0 Å². The molecule has 0 atom stereocenters. The Balaban J connectivity index is 0.000000845. The highest BCUT2D eigenvalue weighted by atomic mass is 35.5. The predicted molar refractivity (Wildman–Crippen MR) is 58.0 cm³/mol. The number of anilines is 1. The highest BCUT2D eigenvalue weighted by molar-refractivity contribution is 7.13. The fourth-order valence-electron chi connectivity index (χ4n) is 0.994. The second-order valence-corrected chi connectivity index (χ2v) is 3.43. The Labute approximate surface area is 86.9 Å². The Morgan fingerprint density at radius 1 is 1.62 bits per heavy atom. The van der Waals surface area contributed by atoms with Gasteiger partial charge in [-0.15, -0.1) is 23.7 Å². The van der Waals surface area contributed by atoms with Crippen LogP contribution in [0.4, 0.5) is 5.13 Å². The molecule has 1 aromatic rings. The van der Waals surface area contributed by atoms with Gasteiger partial charge in [0.15, 0.2) is 11.1 Å². The van der Waals surface area contributed by atoms with Crippen LogP contribution >= 0.6 is 23.7 Å². The minimum Gasteiger partial charge on any atom is -0.354 e. The minimum absolute atomic E-state index is 0. The van der Waals surface area contributed by atoms with Crippen LogP contribution in [0.3, 0.4) is 0 Å². The maximum atomic E-state index is 4.26. The van der Waals surface area contributed by atoms with Gasteiger partial charge < -0.3 is 10.6 Å². The number of aliphatic imine (C=N–C) groups is 1. The van der Waals surface area contributed by atoms with Gasteiger partial charge in [0.05, 0.1) is 12.2 Å². The number of hydrogen-bond acceptors (Lipinski definition) is 5. The normalized spacial score (nSPS) is 14.4. The van der Waals surface area contributed by atoms with Gasteiger partial charge in [0.25, 0.3) is 0 Å². The standard InChI is InChI=1S/C7H10N4S.ClH/c1-5-4-12-7(10-5)11-6-8-2-3-9-6;/h4H,2-3H2,1H3,(H2,8,9,10,11);1H. The second-order valence-electron chi connectivity index (χ2n) is 2.58. The Morgan fingerprint density at radius 2 is 2.46 bits per heavy atom. The lowest BCUT2D eigenvalue weighted by atomic mass is 10.6. The quantitative estimate of drug-likeness (QED) is 0.746. The van der Waals surface area contributed by atoms with Crippen molar-refractivity contribution in [1.82, 2.24) is 10.3 Å². The molecule has 0 saturated carbocycles. The van der Waals surface area contributed by atoms with E-state index in [-0.39, 0.29) is 12.4 Å². The monoisotopic (exact) mass is 218 g/mol. The Bertz CT molecular complexity index is 309. The van der Waals surface area contributed by atoms with Crippen LogP contribution < -0.4 is 10.6 Å². The van der Waals surface area contributed by atoms with Gasteiger partial charge >= 0.3 is 0 Å². The van der Waals surface area contributed by atoms with Crippen molar-refractivity contribution in [2.75, 3.05) is 18.4 Å². The molecule has 0 amide bonds. The number of rotatable bonds is 1. The molecule has 1 aliphatic rings. The van der Waals surface area contributed by atoms with Crippen molar-refractivity contribution in [3.8, 4) is 0 Å². The third-order valence-corrected chi connectivity index (χ3v) is 2.39. The summed E-state index contributed by atoms with van der Waals surface area (Å²) in [5.74, 6) is 0.837. The molecule has 1 aliphatic heterocycles. The van der Waals surface area contributed by atoms with Crippen molar-refractivity contribution in [2.24, 2.45) is 4.99 Å². The summed E-state index contributed by atoms with van der Waals surface area (Å²) in [5.41, 5.74) is 1.04. The van der Waals surface area contributed by atoms with Gasteiger partial charge in [-0.05, 0) is 6.92 Å². The van der Waals surface area contributed by atoms with Crippen LogP contribution in [0.2, 0.25) is 0 Å². The van der Waals surface area contributed by atoms with Crippen LogP contribution in [0, 0.1) is 6.92 Å². The minimum atomic E-state index is 0. The summed E-state index contributed by atoms with van der Waals surface area (Å²) < 4.78 is 0. The van der Waals surface area contributed by atoms with Crippen LogP contribution in [0.15, 0.2) is 10.4 Å². The van der Waals surface area contributed by atoms with Crippen molar-refractivity contribution < 1.29 is 0 Å². The number of thiazole rings is 1. The third kappa shape index (κ3) is 2.57. The number of nitrogens with one attached hydrogen (secondary N) is 2. The summed E-state index contributed by atoms with van der Waals surface area (Å²) in [4.78, 5) is 8.46. The molecule has 72 valence electrons. The summed E-state index contributed by atoms with van der Waals surface area (Å²) in [7, 11) is 0. The van der Waals surface area contributed by atoms with Gasteiger partial charge in [0.2, 0.25) is 0 Å². The van der Waals surface area contributed by atoms with E-state index in [0.717, 1.165) is 29.9 Å². The summed E-state index contributed by atoms with van der Waals surface area (Å²) in [6.07, 6.45) is 0. The zero-order chi connectivity index (χ0) is 8.39. The van der Waals surface area contributed by atoms with Crippen LogP contribution in [0.5, 0.6) is 0 Å². The third-order valence-electron chi connectivity index (χ3n) is 1.52. The number of guanidine groups is 1. The molecule has 0 spiro atoms. The molecule has 4 nitrogen and oxygen atoms in total. The molecular formula is C7H11ClN4S. The summed E-state index contributed by atoms with van der Waals surface area (Å²) in [5, 5.41) is 9.14. The van der Waals surface area contributed by atoms with Crippen LogP contribution in [0.1, 0.15) is 5.69 Å². The van der Waals surface area contributed by atoms with Crippen LogP contribution in [-0.2, 0) is 0 Å². The number of aromatic nitrogens is 1. The average Bonchev–Trinajstić information content (AvgIpc) is 2.63. The molecule has 0 fully saturated rings. The van der Waals surface area contributed by atoms with E-state index in [1.54, 1.807) is 11.3 Å². The first kappa shape index (κ1) is 10.3. The number of aryl methyl sites for hydroxylation is 1. The lowest BCUT2D eigenvalue weighted by Crippen LogP contribution is -2.26. The lowest BCUT2D eigenvalue weighted by Gasteiger charge is -2.00. The maximum Gasteiger partial charge on any atom is 0.197 e. The zero-order valence-corrected chi connectivity index (χ0v) is 8.84. The van der Waals surface area contributed by atoms with Gasteiger partial charge in [-0.1, -0.05) is 0 Å². The largest absolute Gasteiger partial charge is 0.354 e. The van der Waals surface area contributed by atoms with E-state index in [1.165, 1.54) is 0 Å². The van der Waals surface area contributed by atoms with Gasteiger partial charge in [-0.3, -0.25) is 4.99 Å². The lowest BCUT2D eigenvalue weighted by molar-refractivity contribution is 0.959. The van der Waals surface area contributed by atoms with E-state index in [4.69, 9.17) is 0 Å². The smallest absolute Gasteiger partial charge is 0.197 e. The van der Waals surface area contributed by atoms with Crippen LogP contribution in [-0.4, -0.2) is 24.0 Å². The summed E-state index contributed by atoms with van der Waals surface area (Å²) >= 11 is 1.59. The highest BCUT2D eigenvalue weighted by Crippen LogP contribution is 2.14. The molecule has 0 aliphatic carbocycles. The molecule has 2 heterocycles. The van der Waals surface area contributed by atoms with Crippen LogP contribution in [0.25, 0.3) is 0 Å². The second kappa shape index (κ2) is 4.43. The first-order valence-electron chi connectivity index (χ1n) is 3.82. The molecule has 2 rings (SSSR count). The fourth-order valence-corrected chi connectivity index (χ4v) is 1.68.